The summed E-state index contributed by atoms with van der Waals surface area (Å²) in [7, 11) is -0.635. The van der Waals surface area contributed by atoms with Gasteiger partial charge in [0.25, 0.3) is 0 Å². The Morgan fingerprint density at radius 1 is 1.03 bits per heavy atom. The molecule has 0 unspecified atom stereocenters. The summed E-state index contributed by atoms with van der Waals surface area (Å²) >= 11 is 17.7. The van der Waals surface area contributed by atoms with Gasteiger partial charge in [0.05, 0.1) is 26.0 Å². The molecule has 12 heteroatoms. The van der Waals surface area contributed by atoms with Gasteiger partial charge >= 0.3 is 6.36 Å². The van der Waals surface area contributed by atoms with E-state index < -0.39 is 33.2 Å². The van der Waals surface area contributed by atoms with Gasteiger partial charge in [-0.25, -0.2) is 13.1 Å². The molecule has 0 fully saturated rings. The maximum absolute atomic E-state index is 12.8. The van der Waals surface area contributed by atoms with E-state index >= 15 is 0 Å². The van der Waals surface area contributed by atoms with Crippen molar-refractivity contribution in [2.45, 2.75) is 17.3 Å². The summed E-state index contributed by atoms with van der Waals surface area (Å²) in [4.78, 5) is 1.43. The summed E-state index contributed by atoms with van der Waals surface area (Å²) in [5.74, 6) is -0.701. The van der Waals surface area contributed by atoms with E-state index in [2.05, 4.69) is 9.46 Å². The molecule has 5 nitrogen and oxygen atoms in total. The largest absolute Gasteiger partial charge is 0.573 e. The maximum Gasteiger partial charge on any atom is 0.573 e. The third kappa shape index (κ3) is 6.91. The maximum atomic E-state index is 12.8. The molecule has 160 valence electrons. The minimum Gasteiger partial charge on any atom is -0.404 e. The molecule has 0 saturated heterocycles. The number of hydrogen-bond acceptors (Lipinski definition) is 4. The fourth-order valence-corrected chi connectivity index (χ4v) is 4.25. The number of sulfonamides is 1. The van der Waals surface area contributed by atoms with Crippen LogP contribution in [0.5, 0.6) is 5.75 Å². The van der Waals surface area contributed by atoms with Crippen molar-refractivity contribution in [3.8, 4) is 5.75 Å². The second-order valence-electron chi connectivity index (χ2n) is 6.25. The number of benzene rings is 2. The van der Waals surface area contributed by atoms with Crippen molar-refractivity contribution in [3.05, 3.63) is 57.0 Å². The van der Waals surface area contributed by atoms with E-state index in [4.69, 9.17) is 34.8 Å². The number of hydrogen-bond donors (Lipinski definition) is 1. The minimum absolute atomic E-state index is 0.254. The Labute approximate surface area is 181 Å². The first-order valence-electron chi connectivity index (χ1n) is 7.96. The predicted octanol–water partition coefficient (Wildman–Crippen LogP) is 5.13. The van der Waals surface area contributed by atoms with Gasteiger partial charge < -0.3 is 9.64 Å². The molecular weight excluding hydrogens is 476 g/mol. The van der Waals surface area contributed by atoms with Crippen LogP contribution >= 0.6 is 34.8 Å². The predicted molar refractivity (Wildman–Crippen MR) is 106 cm³/mol. The molecule has 0 aromatic heterocycles. The summed E-state index contributed by atoms with van der Waals surface area (Å²) < 4.78 is 68.9. The van der Waals surface area contributed by atoms with Gasteiger partial charge in [0, 0.05) is 6.54 Å². The fraction of sp³-hybridized carbons (Fsp3) is 0.294. The fourth-order valence-electron chi connectivity index (χ4n) is 2.42. The summed E-state index contributed by atoms with van der Waals surface area (Å²) in [5, 5.41) is 0.0710. The molecule has 0 aliphatic rings. The second-order valence-corrected chi connectivity index (χ2v) is 9.19. The van der Waals surface area contributed by atoms with Crippen LogP contribution in [0.25, 0.3) is 0 Å². The lowest BCUT2D eigenvalue weighted by atomic mass is 10.1. The quantitative estimate of drug-likeness (QED) is 0.584. The second kappa shape index (κ2) is 9.28. The molecular formula is C17H16Cl3F3N2O3S. The highest BCUT2D eigenvalue weighted by Gasteiger charge is 2.32. The summed E-state index contributed by atoms with van der Waals surface area (Å²) in [6.07, 6.45) is -4.95. The van der Waals surface area contributed by atoms with Gasteiger partial charge in [-0.3, -0.25) is 0 Å². The average Bonchev–Trinajstić information content (AvgIpc) is 2.56. The molecule has 1 N–H and O–H groups in total. The summed E-state index contributed by atoms with van der Waals surface area (Å²) in [6, 6.07) is 6.67. The lowest BCUT2D eigenvalue weighted by Crippen LogP contribution is -2.35. The van der Waals surface area contributed by atoms with Crippen molar-refractivity contribution in [3.63, 3.8) is 0 Å². The standard InChI is InChI=1S/C17H16Cl3F3N2O3S/c1-25(2)9-15(10-3-5-12(18)13(19)7-10)24-29(26,27)11-4-6-16(14(20)8-11)28-17(21,22)23/h3-8,15,24H,9H2,1-2H3/t15-/m1/s1. The van der Waals surface area contributed by atoms with Crippen molar-refractivity contribution in [2.75, 3.05) is 20.6 Å². The Hall–Kier alpha value is -1.23. The van der Waals surface area contributed by atoms with Crippen molar-refractivity contribution in [1.82, 2.24) is 9.62 Å². The summed E-state index contributed by atoms with van der Waals surface area (Å²) in [6.45, 7) is 0.278. The Bertz CT molecular complexity index is 986. The Balaban J connectivity index is 2.34. The number of nitrogens with zero attached hydrogens (tertiary/aromatic N) is 1. The van der Waals surface area contributed by atoms with Gasteiger partial charge in [-0.05, 0) is 50.0 Å². The molecule has 29 heavy (non-hydrogen) atoms. The van der Waals surface area contributed by atoms with Crippen LogP contribution in [0.4, 0.5) is 13.2 Å². The lowest BCUT2D eigenvalue weighted by Gasteiger charge is -2.23. The SMILES string of the molecule is CN(C)C[C@@H](NS(=O)(=O)c1ccc(OC(F)(F)F)c(Cl)c1)c1ccc(Cl)c(Cl)c1. The van der Waals surface area contributed by atoms with Crippen molar-refractivity contribution < 1.29 is 26.3 Å². The van der Waals surface area contributed by atoms with Crippen LogP contribution in [0, 0.1) is 0 Å². The molecule has 2 rings (SSSR count). The Morgan fingerprint density at radius 2 is 1.69 bits per heavy atom. The van der Waals surface area contributed by atoms with Crippen molar-refractivity contribution in [2.24, 2.45) is 0 Å². The number of ether oxygens (including phenoxy) is 1. The normalized spacial score (nSPS) is 13.6. The first-order chi connectivity index (χ1) is 13.3. The molecule has 0 aliphatic heterocycles. The highest BCUT2D eigenvalue weighted by Crippen LogP contribution is 2.32. The van der Waals surface area contributed by atoms with E-state index in [-0.39, 0.29) is 16.5 Å². The van der Waals surface area contributed by atoms with Gasteiger partial charge in [0.1, 0.15) is 5.75 Å². The van der Waals surface area contributed by atoms with Crippen LogP contribution in [-0.4, -0.2) is 40.3 Å². The molecule has 2 aromatic rings. The van der Waals surface area contributed by atoms with Crippen molar-refractivity contribution in [1.29, 1.82) is 0 Å². The van der Waals surface area contributed by atoms with E-state index in [1.807, 2.05) is 0 Å². The zero-order valence-corrected chi connectivity index (χ0v) is 18.2. The monoisotopic (exact) mass is 490 g/mol. The molecule has 1 atom stereocenters. The van der Waals surface area contributed by atoms with E-state index in [9.17, 15) is 21.6 Å². The number of alkyl halides is 3. The molecule has 0 spiro atoms. The lowest BCUT2D eigenvalue weighted by molar-refractivity contribution is -0.274. The van der Waals surface area contributed by atoms with Gasteiger partial charge in [-0.1, -0.05) is 40.9 Å². The van der Waals surface area contributed by atoms with Crippen LogP contribution < -0.4 is 9.46 Å². The van der Waals surface area contributed by atoms with Gasteiger partial charge in [0.2, 0.25) is 10.0 Å². The van der Waals surface area contributed by atoms with E-state index in [0.717, 1.165) is 18.2 Å². The van der Waals surface area contributed by atoms with E-state index in [1.54, 1.807) is 25.1 Å². The third-order valence-electron chi connectivity index (χ3n) is 3.63. The van der Waals surface area contributed by atoms with Gasteiger partial charge in [-0.2, -0.15) is 0 Å². The van der Waals surface area contributed by atoms with Crippen molar-refractivity contribution >= 4 is 44.8 Å². The zero-order valence-electron chi connectivity index (χ0n) is 15.1. The highest BCUT2D eigenvalue weighted by atomic mass is 35.5. The Morgan fingerprint density at radius 3 is 2.21 bits per heavy atom. The third-order valence-corrected chi connectivity index (χ3v) is 6.13. The summed E-state index contributed by atoms with van der Waals surface area (Å²) in [5.41, 5.74) is 0.555. The first-order valence-corrected chi connectivity index (χ1v) is 10.6. The smallest absolute Gasteiger partial charge is 0.404 e. The number of nitrogens with one attached hydrogen (secondary N) is 1. The number of halogens is 6. The molecule has 0 heterocycles. The molecule has 0 radical (unpaired) electrons. The average molecular weight is 492 g/mol. The molecule has 0 saturated carbocycles. The minimum atomic E-state index is -4.95. The van der Waals surface area contributed by atoms with Crippen LogP contribution in [-0.2, 0) is 10.0 Å². The van der Waals surface area contributed by atoms with Gasteiger partial charge in [0.15, 0.2) is 0 Å². The Kier molecular flexibility index (Phi) is 7.69. The highest BCUT2D eigenvalue weighted by molar-refractivity contribution is 7.89. The van der Waals surface area contributed by atoms with Crippen LogP contribution in [0.3, 0.4) is 0 Å². The number of likely N-dealkylation sites (N-methyl/N-ethyl adjacent to an activating group) is 1. The molecule has 2 aromatic carbocycles. The van der Waals surface area contributed by atoms with E-state index in [0.29, 0.717) is 10.6 Å². The molecule has 0 amide bonds. The van der Waals surface area contributed by atoms with Crippen LogP contribution in [0.1, 0.15) is 11.6 Å². The van der Waals surface area contributed by atoms with Crippen LogP contribution in [0.15, 0.2) is 41.3 Å². The van der Waals surface area contributed by atoms with E-state index in [1.165, 1.54) is 12.1 Å². The van der Waals surface area contributed by atoms with Gasteiger partial charge in [-0.15, -0.1) is 13.2 Å². The zero-order chi connectivity index (χ0) is 22.0. The molecule has 0 bridgehead atoms. The number of rotatable bonds is 7. The topological polar surface area (TPSA) is 58.6 Å². The first kappa shape index (κ1) is 24.0. The van der Waals surface area contributed by atoms with Crippen LogP contribution in [0.2, 0.25) is 15.1 Å². The molecule has 0 aliphatic carbocycles.